The van der Waals surface area contributed by atoms with Crippen molar-refractivity contribution < 1.29 is 14.1 Å². The van der Waals surface area contributed by atoms with E-state index in [0.717, 1.165) is 38.4 Å². The number of ether oxygens (including phenoxy) is 1. The Morgan fingerprint density at radius 3 is 2.80 bits per heavy atom. The van der Waals surface area contributed by atoms with Gasteiger partial charge in [-0.1, -0.05) is 35.5 Å². The number of benzene rings is 1. The number of anilines is 2. The minimum Gasteiger partial charge on any atom is -0.396 e. The van der Waals surface area contributed by atoms with Crippen molar-refractivity contribution in [3.8, 4) is 17.3 Å². The summed E-state index contributed by atoms with van der Waals surface area (Å²) in [6, 6.07) is 13.1. The predicted molar refractivity (Wildman–Crippen MR) is 115 cm³/mol. The molecule has 30 heavy (non-hydrogen) atoms. The molecule has 0 radical (unpaired) electrons. The maximum absolute atomic E-state index is 13.0. The molecule has 0 unspecified atom stereocenters. The molecule has 0 amide bonds. The quantitative estimate of drug-likeness (QED) is 0.557. The first-order valence-electron chi connectivity index (χ1n) is 9.60. The second-order valence-electron chi connectivity index (χ2n) is 6.81. The van der Waals surface area contributed by atoms with Gasteiger partial charge in [0.25, 0.3) is 0 Å². The zero-order valence-corrected chi connectivity index (χ0v) is 17.1. The number of rotatable bonds is 7. The Hall–Kier alpha value is -3.19. The molecule has 1 saturated heterocycles. The number of aromatic nitrogens is 1. The van der Waals surface area contributed by atoms with Gasteiger partial charge in [0.05, 0.1) is 18.9 Å². The minimum absolute atomic E-state index is 0.0890. The summed E-state index contributed by atoms with van der Waals surface area (Å²) in [5.74, 6) is -0.295. The molecule has 0 saturated carbocycles. The third-order valence-electron chi connectivity index (χ3n) is 4.88. The van der Waals surface area contributed by atoms with Crippen molar-refractivity contribution in [3.05, 3.63) is 52.6 Å². The maximum Gasteiger partial charge on any atom is 0.243 e. The molecule has 3 N–H and O–H groups in total. The van der Waals surface area contributed by atoms with Crippen LogP contribution in [-0.4, -0.2) is 55.2 Å². The van der Waals surface area contributed by atoms with E-state index in [1.807, 2.05) is 30.3 Å². The van der Waals surface area contributed by atoms with E-state index in [-0.39, 0.29) is 27.7 Å². The number of carbonyl (C=O) groups excluding carboxylic acids is 1. The SMILES string of the molecule is N#Cc1c(NCCN2CCOCC2)sc(C(=O)c2cc(-c3ccccc3)no2)c1N. The van der Waals surface area contributed by atoms with Crippen molar-refractivity contribution in [1.29, 1.82) is 5.26 Å². The van der Waals surface area contributed by atoms with E-state index in [0.29, 0.717) is 17.2 Å². The molecule has 8 nitrogen and oxygen atoms in total. The minimum atomic E-state index is -0.384. The lowest BCUT2D eigenvalue weighted by Gasteiger charge is -2.26. The monoisotopic (exact) mass is 423 g/mol. The summed E-state index contributed by atoms with van der Waals surface area (Å²) in [5.41, 5.74) is 7.99. The Labute approximate surface area is 177 Å². The molecule has 3 heterocycles. The first-order valence-corrected chi connectivity index (χ1v) is 10.4. The first kappa shape index (κ1) is 20.1. The van der Waals surface area contributed by atoms with Crippen LogP contribution in [0.5, 0.6) is 0 Å². The Kier molecular flexibility index (Phi) is 6.09. The number of ketones is 1. The number of hydrogen-bond donors (Lipinski definition) is 2. The molecule has 0 spiro atoms. The van der Waals surface area contributed by atoms with Crippen LogP contribution in [0.1, 0.15) is 21.0 Å². The highest BCUT2D eigenvalue weighted by Gasteiger charge is 2.25. The fourth-order valence-electron chi connectivity index (χ4n) is 3.24. The van der Waals surface area contributed by atoms with Crippen molar-refractivity contribution in [3.63, 3.8) is 0 Å². The maximum atomic E-state index is 13.0. The molecule has 0 aliphatic carbocycles. The lowest BCUT2D eigenvalue weighted by atomic mass is 10.1. The average molecular weight is 423 g/mol. The molecule has 3 aromatic rings. The Morgan fingerprint density at radius 1 is 1.30 bits per heavy atom. The van der Waals surface area contributed by atoms with Crippen molar-refractivity contribution in [2.45, 2.75) is 0 Å². The molecule has 0 bridgehead atoms. The van der Waals surface area contributed by atoms with E-state index in [1.165, 1.54) is 11.3 Å². The highest BCUT2D eigenvalue weighted by atomic mass is 32.1. The van der Waals surface area contributed by atoms with Crippen LogP contribution in [0.4, 0.5) is 10.7 Å². The normalized spacial score (nSPS) is 14.4. The number of nitrogens with one attached hydrogen (secondary N) is 1. The highest BCUT2D eigenvalue weighted by molar-refractivity contribution is 7.19. The van der Waals surface area contributed by atoms with Gasteiger partial charge in [-0.05, 0) is 0 Å². The lowest BCUT2D eigenvalue weighted by molar-refractivity contribution is 0.0398. The molecule has 1 fully saturated rings. The molecule has 1 aliphatic heterocycles. The zero-order valence-electron chi connectivity index (χ0n) is 16.3. The van der Waals surface area contributed by atoms with Gasteiger partial charge in [-0.15, -0.1) is 11.3 Å². The van der Waals surface area contributed by atoms with Crippen LogP contribution in [0.15, 0.2) is 40.9 Å². The fraction of sp³-hybridized carbons (Fsp3) is 0.286. The number of nitrogens with two attached hydrogens (primary N) is 1. The summed E-state index contributed by atoms with van der Waals surface area (Å²) in [4.78, 5) is 15.5. The number of hydrogen-bond acceptors (Lipinski definition) is 9. The molecule has 2 aromatic heterocycles. The van der Waals surface area contributed by atoms with Crippen molar-refractivity contribution in [2.24, 2.45) is 0 Å². The largest absolute Gasteiger partial charge is 0.396 e. The van der Waals surface area contributed by atoms with Crippen LogP contribution in [0, 0.1) is 11.3 Å². The number of morpholine rings is 1. The summed E-state index contributed by atoms with van der Waals surface area (Å²) >= 11 is 1.17. The number of carbonyl (C=O) groups is 1. The molecule has 154 valence electrons. The van der Waals surface area contributed by atoms with Gasteiger partial charge in [0.15, 0.2) is 0 Å². The van der Waals surface area contributed by atoms with Crippen LogP contribution in [0.25, 0.3) is 11.3 Å². The van der Waals surface area contributed by atoms with Crippen molar-refractivity contribution in [2.75, 3.05) is 50.4 Å². The number of nitrogen functional groups attached to an aromatic ring is 1. The van der Waals surface area contributed by atoms with Gasteiger partial charge in [-0.25, -0.2) is 0 Å². The Balaban J connectivity index is 1.49. The van der Waals surface area contributed by atoms with Gasteiger partial charge in [0.1, 0.15) is 27.2 Å². The van der Waals surface area contributed by atoms with Crippen LogP contribution < -0.4 is 11.1 Å². The summed E-state index contributed by atoms with van der Waals surface area (Å²) in [6.07, 6.45) is 0. The molecular weight excluding hydrogens is 402 g/mol. The van der Waals surface area contributed by atoms with Crippen molar-refractivity contribution in [1.82, 2.24) is 10.1 Å². The van der Waals surface area contributed by atoms with Gasteiger partial charge in [-0.3, -0.25) is 9.69 Å². The average Bonchev–Trinajstić information content (AvgIpc) is 3.40. The number of nitrogens with zero attached hydrogens (tertiary/aromatic N) is 3. The summed E-state index contributed by atoms with van der Waals surface area (Å²) in [5, 5.41) is 17.4. The molecule has 0 atom stereocenters. The van der Waals surface area contributed by atoms with Crippen molar-refractivity contribution >= 4 is 27.8 Å². The second kappa shape index (κ2) is 9.09. The fourth-order valence-corrected chi connectivity index (χ4v) is 4.28. The predicted octanol–water partition coefficient (Wildman–Crippen LogP) is 2.83. The third kappa shape index (κ3) is 4.21. The standard InChI is InChI=1S/C21H21N5O3S/c22-13-15-18(23)20(30-21(15)24-6-7-26-8-10-28-11-9-26)19(27)17-12-16(25-29-17)14-4-2-1-3-5-14/h1-5,12,24H,6-11,23H2. The summed E-state index contributed by atoms with van der Waals surface area (Å²) < 4.78 is 10.6. The highest BCUT2D eigenvalue weighted by Crippen LogP contribution is 2.37. The smallest absolute Gasteiger partial charge is 0.243 e. The number of thiophene rings is 1. The van der Waals surface area contributed by atoms with Gasteiger partial charge < -0.3 is 20.3 Å². The van der Waals surface area contributed by atoms with Crippen LogP contribution in [0.3, 0.4) is 0 Å². The second-order valence-corrected chi connectivity index (χ2v) is 7.83. The molecule has 1 aromatic carbocycles. The summed E-state index contributed by atoms with van der Waals surface area (Å²) in [7, 11) is 0. The van der Waals surface area contributed by atoms with E-state index in [4.69, 9.17) is 15.0 Å². The molecule has 1 aliphatic rings. The van der Waals surface area contributed by atoms with Crippen LogP contribution in [-0.2, 0) is 4.74 Å². The van der Waals surface area contributed by atoms with E-state index < -0.39 is 0 Å². The number of nitriles is 1. The van der Waals surface area contributed by atoms with E-state index in [1.54, 1.807) is 6.07 Å². The first-order chi connectivity index (χ1) is 14.7. The van der Waals surface area contributed by atoms with Gasteiger partial charge >= 0.3 is 0 Å². The molecule has 4 rings (SSSR count). The third-order valence-corrected chi connectivity index (χ3v) is 6.05. The summed E-state index contributed by atoms with van der Waals surface area (Å²) in [6.45, 7) is 4.70. The topological polar surface area (TPSA) is 117 Å². The zero-order chi connectivity index (χ0) is 20.9. The van der Waals surface area contributed by atoms with E-state index >= 15 is 0 Å². The Morgan fingerprint density at radius 2 is 2.07 bits per heavy atom. The van der Waals surface area contributed by atoms with Gasteiger partial charge in [0, 0.05) is 37.8 Å². The molecular formula is C21H21N5O3S. The van der Waals surface area contributed by atoms with Crippen LogP contribution >= 0.6 is 11.3 Å². The van der Waals surface area contributed by atoms with E-state index in [9.17, 15) is 10.1 Å². The van der Waals surface area contributed by atoms with Gasteiger partial charge in [-0.2, -0.15) is 5.26 Å². The Bertz CT molecular complexity index is 1060. The lowest BCUT2D eigenvalue weighted by Crippen LogP contribution is -2.38. The van der Waals surface area contributed by atoms with Crippen LogP contribution in [0.2, 0.25) is 0 Å². The van der Waals surface area contributed by atoms with E-state index in [2.05, 4.69) is 21.4 Å². The molecule has 9 heteroatoms. The van der Waals surface area contributed by atoms with Gasteiger partial charge in [0.2, 0.25) is 11.5 Å².